The Labute approximate surface area is 182 Å². The summed E-state index contributed by atoms with van der Waals surface area (Å²) in [5.74, 6) is 0.956. The van der Waals surface area contributed by atoms with E-state index in [1.54, 1.807) is 6.20 Å². The molecule has 2 aromatic carbocycles. The number of amides is 2. The van der Waals surface area contributed by atoms with Gasteiger partial charge in [0.15, 0.2) is 0 Å². The zero-order valence-electron chi connectivity index (χ0n) is 17.4. The number of nitrogens with zero attached hydrogens (tertiary/aromatic N) is 3. The van der Waals surface area contributed by atoms with Crippen molar-refractivity contribution in [2.24, 2.45) is 0 Å². The van der Waals surface area contributed by atoms with Crippen LogP contribution in [-0.2, 0) is 22.4 Å². The zero-order chi connectivity index (χ0) is 21.5. The van der Waals surface area contributed by atoms with Crippen LogP contribution in [0.3, 0.4) is 0 Å². The monoisotopic (exact) mass is 414 g/mol. The Hall–Kier alpha value is -3.67. The first-order chi connectivity index (χ1) is 15.2. The van der Waals surface area contributed by atoms with E-state index < -0.39 is 0 Å². The first-order valence-corrected chi connectivity index (χ1v) is 10.5. The number of anilines is 2. The number of aromatic nitrogens is 1. The topological polar surface area (TPSA) is 65.5 Å². The third-order valence-corrected chi connectivity index (χ3v) is 5.39. The molecule has 0 radical (unpaired) electrons. The summed E-state index contributed by atoms with van der Waals surface area (Å²) in [5.41, 5.74) is 2.70. The summed E-state index contributed by atoms with van der Waals surface area (Å²) in [7, 11) is 0. The average Bonchev–Trinajstić information content (AvgIpc) is 2.81. The standard InChI is InChI=1S/C25H26N4O2/c30-24(17-20-7-3-1-4-8-20)27-22-11-12-23(26-19-22)28-13-15-29(16-14-28)25(31)18-21-9-5-2-6-10-21/h1-12,19H,13-18H2,(H,27,30). The molecule has 0 spiro atoms. The Bertz CT molecular complexity index is 999. The molecular weight excluding hydrogens is 388 g/mol. The molecule has 1 aliphatic rings. The van der Waals surface area contributed by atoms with E-state index in [-0.39, 0.29) is 11.8 Å². The molecule has 0 aliphatic carbocycles. The Morgan fingerprint density at radius 3 is 1.97 bits per heavy atom. The molecule has 31 heavy (non-hydrogen) atoms. The van der Waals surface area contributed by atoms with Crippen LogP contribution in [0.25, 0.3) is 0 Å². The van der Waals surface area contributed by atoms with E-state index in [0.717, 1.165) is 30.0 Å². The van der Waals surface area contributed by atoms with Crippen LogP contribution in [0, 0.1) is 0 Å². The van der Waals surface area contributed by atoms with Gasteiger partial charge in [0.25, 0.3) is 0 Å². The second-order valence-electron chi connectivity index (χ2n) is 7.65. The summed E-state index contributed by atoms with van der Waals surface area (Å²) in [4.78, 5) is 33.3. The maximum absolute atomic E-state index is 12.5. The third kappa shape index (κ3) is 5.69. The third-order valence-electron chi connectivity index (χ3n) is 5.39. The van der Waals surface area contributed by atoms with Crippen LogP contribution in [0.1, 0.15) is 11.1 Å². The summed E-state index contributed by atoms with van der Waals surface area (Å²) in [6.45, 7) is 2.85. The summed E-state index contributed by atoms with van der Waals surface area (Å²) < 4.78 is 0. The van der Waals surface area contributed by atoms with Gasteiger partial charge in [0.05, 0.1) is 24.7 Å². The highest BCUT2D eigenvalue weighted by Gasteiger charge is 2.22. The van der Waals surface area contributed by atoms with Crippen LogP contribution in [0.4, 0.5) is 11.5 Å². The molecule has 0 unspecified atom stereocenters. The highest BCUT2D eigenvalue weighted by atomic mass is 16.2. The van der Waals surface area contributed by atoms with Crippen molar-refractivity contribution in [2.45, 2.75) is 12.8 Å². The number of carbonyl (C=O) groups is 2. The van der Waals surface area contributed by atoms with Crippen molar-refractivity contribution in [1.29, 1.82) is 0 Å². The van der Waals surface area contributed by atoms with E-state index in [4.69, 9.17) is 0 Å². The minimum Gasteiger partial charge on any atom is -0.353 e. The second kappa shape index (κ2) is 9.89. The van der Waals surface area contributed by atoms with Gasteiger partial charge in [-0.05, 0) is 23.3 Å². The fourth-order valence-electron chi connectivity index (χ4n) is 3.70. The quantitative estimate of drug-likeness (QED) is 0.673. The largest absolute Gasteiger partial charge is 0.353 e. The molecule has 0 atom stereocenters. The maximum atomic E-state index is 12.5. The van der Waals surface area contributed by atoms with Crippen molar-refractivity contribution < 1.29 is 9.59 Å². The van der Waals surface area contributed by atoms with Gasteiger partial charge in [0.1, 0.15) is 5.82 Å². The highest BCUT2D eigenvalue weighted by molar-refractivity contribution is 5.92. The number of benzene rings is 2. The molecule has 0 bridgehead atoms. The van der Waals surface area contributed by atoms with Gasteiger partial charge < -0.3 is 15.1 Å². The van der Waals surface area contributed by atoms with Crippen molar-refractivity contribution in [3.05, 3.63) is 90.1 Å². The Morgan fingerprint density at radius 2 is 1.39 bits per heavy atom. The molecule has 0 saturated carbocycles. The molecule has 1 fully saturated rings. The molecule has 1 aromatic heterocycles. The lowest BCUT2D eigenvalue weighted by Crippen LogP contribution is -2.49. The van der Waals surface area contributed by atoms with Crippen molar-refractivity contribution in [3.8, 4) is 0 Å². The van der Waals surface area contributed by atoms with E-state index in [1.807, 2.05) is 77.7 Å². The van der Waals surface area contributed by atoms with Crippen LogP contribution in [0.2, 0.25) is 0 Å². The van der Waals surface area contributed by atoms with Gasteiger partial charge in [-0.15, -0.1) is 0 Å². The molecule has 1 saturated heterocycles. The molecule has 6 nitrogen and oxygen atoms in total. The minimum absolute atomic E-state index is 0.0636. The summed E-state index contributed by atoms with van der Waals surface area (Å²) in [5, 5.41) is 2.89. The van der Waals surface area contributed by atoms with Crippen molar-refractivity contribution in [1.82, 2.24) is 9.88 Å². The fraction of sp³-hybridized carbons (Fsp3) is 0.240. The lowest BCUT2D eigenvalue weighted by Gasteiger charge is -2.35. The summed E-state index contributed by atoms with van der Waals surface area (Å²) in [6, 6.07) is 23.3. The molecule has 1 N–H and O–H groups in total. The molecule has 6 heteroatoms. The smallest absolute Gasteiger partial charge is 0.228 e. The molecule has 4 rings (SSSR count). The molecule has 1 aliphatic heterocycles. The number of pyridine rings is 1. The predicted molar refractivity (Wildman–Crippen MR) is 122 cm³/mol. The highest BCUT2D eigenvalue weighted by Crippen LogP contribution is 2.17. The first-order valence-electron chi connectivity index (χ1n) is 10.5. The van der Waals surface area contributed by atoms with Crippen molar-refractivity contribution >= 4 is 23.3 Å². The van der Waals surface area contributed by atoms with E-state index >= 15 is 0 Å². The Kier molecular flexibility index (Phi) is 6.57. The normalized spacial score (nSPS) is 13.7. The Morgan fingerprint density at radius 1 is 0.774 bits per heavy atom. The maximum Gasteiger partial charge on any atom is 0.228 e. The van der Waals surface area contributed by atoms with Gasteiger partial charge in [-0.25, -0.2) is 4.98 Å². The minimum atomic E-state index is -0.0636. The van der Waals surface area contributed by atoms with Crippen molar-refractivity contribution in [3.63, 3.8) is 0 Å². The number of hydrogen-bond acceptors (Lipinski definition) is 4. The van der Waals surface area contributed by atoms with Gasteiger partial charge in [0.2, 0.25) is 11.8 Å². The van der Waals surface area contributed by atoms with E-state index in [0.29, 0.717) is 31.6 Å². The summed E-state index contributed by atoms with van der Waals surface area (Å²) in [6.07, 6.45) is 2.46. The molecule has 2 amide bonds. The van der Waals surface area contributed by atoms with Crippen LogP contribution < -0.4 is 10.2 Å². The van der Waals surface area contributed by atoms with Crippen LogP contribution >= 0.6 is 0 Å². The van der Waals surface area contributed by atoms with E-state index in [2.05, 4.69) is 15.2 Å². The number of piperazine rings is 1. The van der Waals surface area contributed by atoms with Gasteiger partial charge >= 0.3 is 0 Å². The predicted octanol–water partition coefficient (Wildman–Crippen LogP) is 3.15. The van der Waals surface area contributed by atoms with Crippen molar-refractivity contribution in [2.75, 3.05) is 36.4 Å². The number of hydrogen-bond donors (Lipinski definition) is 1. The lowest BCUT2D eigenvalue weighted by molar-refractivity contribution is -0.130. The van der Waals surface area contributed by atoms with Gasteiger partial charge in [-0.1, -0.05) is 60.7 Å². The molecule has 3 aromatic rings. The van der Waals surface area contributed by atoms with Gasteiger partial charge in [0, 0.05) is 26.2 Å². The molecule has 158 valence electrons. The second-order valence-corrected chi connectivity index (χ2v) is 7.65. The summed E-state index contributed by atoms with van der Waals surface area (Å²) >= 11 is 0. The van der Waals surface area contributed by atoms with Crippen LogP contribution in [0.5, 0.6) is 0 Å². The van der Waals surface area contributed by atoms with E-state index in [1.165, 1.54) is 0 Å². The molecule has 2 heterocycles. The zero-order valence-corrected chi connectivity index (χ0v) is 17.4. The number of nitrogens with one attached hydrogen (secondary N) is 1. The average molecular weight is 415 g/mol. The lowest BCUT2D eigenvalue weighted by atomic mass is 10.1. The number of rotatable bonds is 6. The van der Waals surface area contributed by atoms with Crippen LogP contribution in [-0.4, -0.2) is 47.9 Å². The fourth-order valence-corrected chi connectivity index (χ4v) is 3.70. The SMILES string of the molecule is O=C(Cc1ccccc1)Nc1ccc(N2CCN(C(=O)Cc3ccccc3)CC2)nc1. The molecular formula is C25H26N4O2. The van der Waals surface area contributed by atoms with Crippen LogP contribution in [0.15, 0.2) is 79.0 Å². The Balaban J connectivity index is 1.26. The first kappa shape index (κ1) is 20.6. The number of carbonyl (C=O) groups excluding carboxylic acids is 2. The van der Waals surface area contributed by atoms with E-state index in [9.17, 15) is 9.59 Å². The van der Waals surface area contributed by atoms with Gasteiger partial charge in [-0.3, -0.25) is 9.59 Å². The van der Waals surface area contributed by atoms with Gasteiger partial charge in [-0.2, -0.15) is 0 Å².